The normalized spacial score (nSPS) is 15.5. The lowest BCUT2D eigenvalue weighted by atomic mass is 9.97. The van der Waals surface area contributed by atoms with Gasteiger partial charge in [0, 0.05) is 30.2 Å². The van der Waals surface area contributed by atoms with Crippen LogP contribution in [0.2, 0.25) is 0 Å². The Morgan fingerprint density at radius 1 is 1.38 bits per heavy atom. The van der Waals surface area contributed by atoms with Crippen molar-refractivity contribution in [1.29, 1.82) is 0 Å². The second-order valence-electron chi connectivity index (χ2n) is 7.00. The number of carbonyl (C=O) groups excluding carboxylic acids is 1. The van der Waals surface area contributed by atoms with Crippen molar-refractivity contribution in [3.05, 3.63) is 34.7 Å². The van der Waals surface area contributed by atoms with E-state index in [0.29, 0.717) is 24.7 Å². The van der Waals surface area contributed by atoms with Gasteiger partial charge in [0.05, 0.1) is 5.69 Å². The van der Waals surface area contributed by atoms with Gasteiger partial charge in [-0.2, -0.15) is 0 Å². The Morgan fingerprint density at radius 3 is 2.67 bits per heavy atom. The number of nitrogens with zero attached hydrogens (tertiary/aromatic N) is 4. The minimum absolute atomic E-state index is 0.234. The Hall–Kier alpha value is -2.40. The molecule has 24 heavy (non-hydrogen) atoms. The summed E-state index contributed by atoms with van der Waals surface area (Å²) in [5.74, 6) is 0.475. The summed E-state index contributed by atoms with van der Waals surface area (Å²) in [6, 6.07) is 7.44. The van der Waals surface area contributed by atoms with Gasteiger partial charge in [-0.25, -0.2) is 4.79 Å². The van der Waals surface area contributed by atoms with Crippen molar-refractivity contribution < 1.29 is 9.53 Å². The Bertz CT molecular complexity index is 612. The van der Waals surface area contributed by atoms with Crippen molar-refractivity contribution in [2.45, 2.75) is 39.2 Å². The predicted octanol–water partition coefficient (Wildman–Crippen LogP) is 4.69. The fourth-order valence-electron chi connectivity index (χ4n) is 2.66. The van der Waals surface area contributed by atoms with Crippen LogP contribution in [0, 0.1) is 5.92 Å². The van der Waals surface area contributed by atoms with Crippen LogP contribution in [0.25, 0.3) is 10.4 Å². The molecule has 0 aromatic heterocycles. The van der Waals surface area contributed by atoms with Gasteiger partial charge in [0.25, 0.3) is 0 Å². The van der Waals surface area contributed by atoms with E-state index in [1.807, 2.05) is 39.0 Å². The highest BCUT2D eigenvalue weighted by molar-refractivity contribution is 5.68. The predicted molar refractivity (Wildman–Crippen MR) is 94.3 cm³/mol. The number of anilines is 1. The van der Waals surface area contributed by atoms with Gasteiger partial charge in [-0.15, -0.1) is 0 Å². The number of para-hydroxylation sites is 1. The summed E-state index contributed by atoms with van der Waals surface area (Å²) < 4.78 is 5.41. The molecule has 1 fully saturated rings. The van der Waals surface area contributed by atoms with Crippen molar-refractivity contribution >= 4 is 17.5 Å². The van der Waals surface area contributed by atoms with E-state index in [9.17, 15) is 4.79 Å². The first-order chi connectivity index (χ1) is 11.4. The Kier molecular flexibility index (Phi) is 5.93. The number of ether oxygens (including phenoxy) is 1. The molecule has 0 bridgehead atoms. The average Bonchev–Trinajstić information content (AvgIpc) is 2.53. The molecule has 0 unspecified atom stereocenters. The highest BCUT2D eigenvalue weighted by atomic mass is 16.6. The molecule has 130 valence electrons. The molecule has 0 aliphatic carbocycles. The molecule has 1 N–H and O–H groups in total. The molecule has 1 heterocycles. The monoisotopic (exact) mass is 331 g/mol. The van der Waals surface area contributed by atoms with Crippen molar-refractivity contribution in [2.75, 3.05) is 25.0 Å². The van der Waals surface area contributed by atoms with Gasteiger partial charge in [0.1, 0.15) is 5.60 Å². The van der Waals surface area contributed by atoms with E-state index in [-0.39, 0.29) is 6.09 Å². The standard InChI is InChI=1S/C17H25N5O2/c1-17(2,3)24-16(23)22-10-8-13(9-11-22)12-19-14-6-4-5-7-15(14)20-21-18/h4-7,13,19H,8-12H2,1-3H3. The average molecular weight is 331 g/mol. The van der Waals surface area contributed by atoms with Crippen LogP contribution < -0.4 is 5.32 Å². The molecule has 1 aromatic rings. The van der Waals surface area contributed by atoms with Crippen LogP contribution >= 0.6 is 0 Å². The smallest absolute Gasteiger partial charge is 0.410 e. The second-order valence-corrected chi connectivity index (χ2v) is 7.00. The van der Waals surface area contributed by atoms with Gasteiger partial charge < -0.3 is 15.0 Å². The molecule has 0 radical (unpaired) electrons. The summed E-state index contributed by atoms with van der Waals surface area (Å²) >= 11 is 0. The number of carbonyl (C=O) groups is 1. The lowest BCUT2D eigenvalue weighted by molar-refractivity contribution is 0.0188. The Labute approximate surface area is 142 Å². The van der Waals surface area contributed by atoms with Gasteiger partial charge in [-0.1, -0.05) is 23.3 Å². The van der Waals surface area contributed by atoms with Gasteiger partial charge >= 0.3 is 6.09 Å². The maximum Gasteiger partial charge on any atom is 0.410 e. The number of nitrogens with one attached hydrogen (secondary N) is 1. The van der Waals surface area contributed by atoms with Crippen molar-refractivity contribution in [1.82, 2.24) is 4.90 Å². The largest absolute Gasteiger partial charge is 0.444 e. The second kappa shape index (κ2) is 7.93. The highest BCUT2D eigenvalue weighted by Gasteiger charge is 2.26. The van der Waals surface area contributed by atoms with Crippen LogP contribution in [-0.4, -0.2) is 36.2 Å². The summed E-state index contributed by atoms with van der Waals surface area (Å²) in [6.07, 6.45) is 1.62. The first-order valence-corrected chi connectivity index (χ1v) is 8.25. The Balaban J connectivity index is 1.82. The molecule has 0 atom stereocenters. The number of likely N-dealkylation sites (tertiary alicyclic amines) is 1. The maximum atomic E-state index is 12.1. The number of amides is 1. The molecule has 0 saturated carbocycles. The molecule has 0 spiro atoms. The summed E-state index contributed by atoms with van der Waals surface area (Å²) in [4.78, 5) is 16.7. The van der Waals surface area contributed by atoms with Crippen LogP contribution in [0.4, 0.5) is 16.2 Å². The van der Waals surface area contributed by atoms with Gasteiger partial charge in [-0.3, -0.25) is 0 Å². The lowest BCUT2D eigenvalue weighted by Crippen LogP contribution is -2.42. The summed E-state index contributed by atoms with van der Waals surface area (Å²) in [6.45, 7) is 7.84. The molecule has 2 rings (SSSR count). The number of azide groups is 1. The number of rotatable bonds is 4. The first kappa shape index (κ1) is 17.9. The molecular weight excluding hydrogens is 306 g/mol. The zero-order valence-electron chi connectivity index (χ0n) is 14.5. The summed E-state index contributed by atoms with van der Waals surface area (Å²) in [7, 11) is 0. The van der Waals surface area contributed by atoms with Crippen LogP contribution in [0.15, 0.2) is 29.4 Å². The van der Waals surface area contributed by atoms with E-state index < -0.39 is 5.60 Å². The minimum Gasteiger partial charge on any atom is -0.444 e. The maximum absolute atomic E-state index is 12.1. The molecule has 1 saturated heterocycles. The van der Waals surface area contributed by atoms with Crippen LogP contribution in [0.1, 0.15) is 33.6 Å². The molecule has 1 aliphatic rings. The van der Waals surface area contributed by atoms with E-state index in [4.69, 9.17) is 10.3 Å². The number of benzene rings is 1. The number of hydrogen-bond acceptors (Lipinski definition) is 4. The van der Waals surface area contributed by atoms with Gasteiger partial charge in [-0.05, 0) is 51.1 Å². The van der Waals surface area contributed by atoms with Crippen LogP contribution in [-0.2, 0) is 4.74 Å². The Morgan fingerprint density at radius 2 is 2.04 bits per heavy atom. The summed E-state index contributed by atoms with van der Waals surface area (Å²) in [5, 5.41) is 7.04. The molecular formula is C17H25N5O2. The number of hydrogen-bond donors (Lipinski definition) is 1. The van der Waals surface area contributed by atoms with Gasteiger partial charge in [0.2, 0.25) is 0 Å². The zero-order chi connectivity index (χ0) is 17.6. The van der Waals surface area contributed by atoms with Crippen molar-refractivity contribution in [3.8, 4) is 0 Å². The molecule has 1 amide bonds. The fraction of sp³-hybridized carbons (Fsp3) is 0.588. The van der Waals surface area contributed by atoms with E-state index in [2.05, 4.69) is 15.3 Å². The van der Waals surface area contributed by atoms with Crippen molar-refractivity contribution in [2.24, 2.45) is 11.0 Å². The van der Waals surface area contributed by atoms with E-state index >= 15 is 0 Å². The fourth-order valence-corrected chi connectivity index (χ4v) is 2.66. The SMILES string of the molecule is CC(C)(C)OC(=O)N1CCC(CNc2ccccc2N=[N+]=[N-])CC1. The molecule has 1 aliphatic heterocycles. The first-order valence-electron chi connectivity index (χ1n) is 8.25. The molecule has 7 nitrogen and oxygen atoms in total. The highest BCUT2D eigenvalue weighted by Crippen LogP contribution is 2.26. The van der Waals surface area contributed by atoms with E-state index in [1.54, 1.807) is 11.0 Å². The zero-order valence-corrected chi connectivity index (χ0v) is 14.5. The van der Waals surface area contributed by atoms with Crippen LogP contribution in [0.3, 0.4) is 0 Å². The third-order valence-electron chi connectivity index (χ3n) is 3.90. The van der Waals surface area contributed by atoms with Crippen LogP contribution in [0.5, 0.6) is 0 Å². The third kappa shape index (κ3) is 5.35. The quantitative estimate of drug-likeness (QED) is 0.493. The minimum atomic E-state index is -0.458. The van der Waals surface area contributed by atoms with E-state index in [1.165, 1.54) is 0 Å². The van der Waals surface area contributed by atoms with E-state index in [0.717, 1.165) is 25.1 Å². The summed E-state index contributed by atoms with van der Waals surface area (Å²) in [5.41, 5.74) is 9.59. The topological polar surface area (TPSA) is 90.3 Å². The number of piperidine rings is 1. The molecule has 1 aromatic carbocycles. The molecule has 7 heteroatoms. The van der Waals surface area contributed by atoms with Crippen molar-refractivity contribution in [3.63, 3.8) is 0 Å². The van der Waals surface area contributed by atoms with Gasteiger partial charge in [0.15, 0.2) is 0 Å². The third-order valence-corrected chi connectivity index (χ3v) is 3.90. The lowest BCUT2D eigenvalue weighted by Gasteiger charge is -2.33.